The summed E-state index contributed by atoms with van der Waals surface area (Å²) in [5.74, 6) is -0.00981. The number of ketones is 1. The Morgan fingerprint density at radius 2 is 1.77 bits per heavy atom. The van der Waals surface area contributed by atoms with E-state index in [4.69, 9.17) is 25.8 Å². The number of methoxy groups -OCH3 is 2. The maximum absolute atomic E-state index is 12.3. The molecule has 0 bridgehead atoms. The van der Waals surface area contributed by atoms with Gasteiger partial charge in [0.1, 0.15) is 0 Å². The third kappa shape index (κ3) is 4.64. The van der Waals surface area contributed by atoms with Crippen molar-refractivity contribution in [1.29, 1.82) is 0 Å². The Morgan fingerprint density at radius 3 is 2.35 bits per heavy atom. The molecule has 26 heavy (non-hydrogen) atoms. The van der Waals surface area contributed by atoms with Crippen LogP contribution in [0.25, 0.3) is 0 Å². The molecule has 136 valence electrons. The van der Waals surface area contributed by atoms with Crippen LogP contribution in [-0.2, 0) is 11.2 Å². The summed E-state index contributed by atoms with van der Waals surface area (Å²) in [6.07, 6.45) is 2.18. The molecule has 0 amide bonds. The van der Waals surface area contributed by atoms with Gasteiger partial charge in [0.05, 0.1) is 19.8 Å². The topological polar surface area (TPSA) is 61.8 Å². The lowest BCUT2D eigenvalue weighted by molar-refractivity contribution is 0.0474. The van der Waals surface area contributed by atoms with E-state index in [9.17, 15) is 9.59 Å². The maximum Gasteiger partial charge on any atom is 0.338 e. The molecule has 0 spiro atoms. The molecule has 0 heterocycles. The molecule has 0 aliphatic carbocycles. The van der Waals surface area contributed by atoms with Crippen molar-refractivity contribution in [2.75, 3.05) is 20.8 Å². The van der Waals surface area contributed by atoms with Crippen LogP contribution in [0.3, 0.4) is 0 Å². The molecule has 2 aromatic carbocycles. The van der Waals surface area contributed by atoms with Crippen molar-refractivity contribution in [2.24, 2.45) is 0 Å². The van der Waals surface area contributed by atoms with Crippen LogP contribution in [0, 0.1) is 0 Å². The summed E-state index contributed by atoms with van der Waals surface area (Å²) in [7, 11) is 3.00. The molecule has 0 aliphatic rings. The monoisotopic (exact) mass is 374 g/mol. The van der Waals surface area contributed by atoms with Crippen LogP contribution < -0.4 is 9.47 Å². The standard InChI is InChI=1S/C20H19ClO5/c1-4-5-14-10-15(11-18(24-2)19(14)25-3)20(23)26-12-17(22)13-6-8-16(21)9-7-13/h4,6-11H,1,5,12H2,2-3H3. The third-order valence-electron chi connectivity index (χ3n) is 3.66. The van der Waals surface area contributed by atoms with Gasteiger partial charge >= 0.3 is 5.97 Å². The van der Waals surface area contributed by atoms with Gasteiger partial charge in [0.25, 0.3) is 0 Å². The fourth-order valence-corrected chi connectivity index (χ4v) is 2.53. The Balaban J connectivity index is 2.15. The average molecular weight is 375 g/mol. The second-order valence-corrected chi connectivity index (χ2v) is 5.81. The van der Waals surface area contributed by atoms with Gasteiger partial charge in [-0.2, -0.15) is 0 Å². The van der Waals surface area contributed by atoms with Crippen molar-refractivity contribution in [1.82, 2.24) is 0 Å². The lowest BCUT2D eigenvalue weighted by Crippen LogP contribution is -2.14. The molecule has 6 heteroatoms. The zero-order valence-electron chi connectivity index (χ0n) is 14.6. The van der Waals surface area contributed by atoms with Crippen molar-refractivity contribution < 1.29 is 23.8 Å². The van der Waals surface area contributed by atoms with Crippen LogP contribution in [-0.4, -0.2) is 32.6 Å². The number of halogens is 1. The lowest BCUT2D eigenvalue weighted by Gasteiger charge is -2.14. The molecule has 0 fully saturated rings. The Bertz CT molecular complexity index is 812. The summed E-state index contributed by atoms with van der Waals surface area (Å²) in [5.41, 5.74) is 1.42. The van der Waals surface area contributed by atoms with Gasteiger partial charge in [-0.1, -0.05) is 17.7 Å². The van der Waals surface area contributed by atoms with E-state index in [1.807, 2.05) is 0 Å². The van der Waals surface area contributed by atoms with Crippen LogP contribution in [0.4, 0.5) is 0 Å². The maximum atomic E-state index is 12.3. The van der Waals surface area contributed by atoms with Crippen LogP contribution in [0.2, 0.25) is 5.02 Å². The number of benzene rings is 2. The van der Waals surface area contributed by atoms with E-state index >= 15 is 0 Å². The van der Waals surface area contributed by atoms with Crippen molar-refractivity contribution in [3.63, 3.8) is 0 Å². The molecule has 0 aliphatic heterocycles. The fraction of sp³-hybridized carbons (Fsp3) is 0.200. The minimum absolute atomic E-state index is 0.267. The molecule has 0 saturated heterocycles. The van der Waals surface area contributed by atoms with Crippen molar-refractivity contribution in [3.05, 3.63) is 70.8 Å². The highest BCUT2D eigenvalue weighted by Gasteiger charge is 2.18. The van der Waals surface area contributed by atoms with Gasteiger partial charge in [0, 0.05) is 16.1 Å². The van der Waals surface area contributed by atoms with Crippen molar-refractivity contribution in [2.45, 2.75) is 6.42 Å². The number of hydrogen-bond acceptors (Lipinski definition) is 5. The molecule has 2 rings (SSSR count). The third-order valence-corrected chi connectivity index (χ3v) is 3.91. The van der Waals surface area contributed by atoms with E-state index in [1.54, 1.807) is 36.4 Å². The molecular weight excluding hydrogens is 356 g/mol. The Morgan fingerprint density at radius 1 is 1.08 bits per heavy atom. The quantitative estimate of drug-likeness (QED) is 0.395. The largest absolute Gasteiger partial charge is 0.493 e. The summed E-state index contributed by atoms with van der Waals surface area (Å²) < 4.78 is 15.7. The summed E-state index contributed by atoms with van der Waals surface area (Å²) in [5, 5.41) is 0.527. The number of rotatable bonds is 8. The van der Waals surface area contributed by atoms with E-state index in [2.05, 4.69) is 6.58 Å². The van der Waals surface area contributed by atoms with E-state index in [0.717, 1.165) is 5.56 Å². The molecular formula is C20H19ClO5. The molecule has 2 aromatic rings. The molecule has 0 aromatic heterocycles. The van der Waals surface area contributed by atoms with Crippen molar-refractivity contribution in [3.8, 4) is 11.5 Å². The first-order chi connectivity index (χ1) is 12.5. The first-order valence-corrected chi connectivity index (χ1v) is 8.19. The predicted octanol–water partition coefficient (Wildman–Crippen LogP) is 4.13. The van der Waals surface area contributed by atoms with Crippen LogP contribution >= 0.6 is 11.6 Å². The van der Waals surface area contributed by atoms with E-state index < -0.39 is 5.97 Å². The van der Waals surface area contributed by atoms with E-state index in [0.29, 0.717) is 28.5 Å². The number of hydrogen-bond donors (Lipinski definition) is 0. The van der Waals surface area contributed by atoms with Crippen LogP contribution in [0.1, 0.15) is 26.3 Å². The zero-order valence-corrected chi connectivity index (χ0v) is 15.3. The highest BCUT2D eigenvalue weighted by Crippen LogP contribution is 2.33. The number of Topliss-reactive ketones (excluding diaryl/α,β-unsaturated/α-hetero) is 1. The molecule has 0 saturated carbocycles. The number of carbonyl (C=O) groups is 2. The second-order valence-electron chi connectivity index (χ2n) is 5.37. The summed E-state index contributed by atoms with van der Waals surface area (Å²) >= 11 is 5.79. The average Bonchev–Trinajstić information content (AvgIpc) is 2.65. The lowest BCUT2D eigenvalue weighted by atomic mass is 10.1. The zero-order chi connectivity index (χ0) is 19.1. The highest BCUT2D eigenvalue weighted by molar-refractivity contribution is 6.30. The second kappa shape index (κ2) is 9.06. The van der Waals surface area contributed by atoms with Gasteiger partial charge in [0.15, 0.2) is 23.9 Å². The number of ether oxygens (including phenoxy) is 3. The smallest absolute Gasteiger partial charge is 0.338 e. The summed E-state index contributed by atoms with van der Waals surface area (Å²) in [6.45, 7) is 3.32. The van der Waals surface area contributed by atoms with Crippen LogP contribution in [0.5, 0.6) is 11.5 Å². The summed E-state index contributed by atoms with van der Waals surface area (Å²) in [6, 6.07) is 9.52. The first kappa shape index (κ1) is 19.5. The highest BCUT2D eigenvalue weighted by atomic mass is 35.5. The summed E-state index contributed by atoms with van der Waals surface area (Å²) in [4.78, 5) is 24.4. The van der Waals surface area contributed by atoms with Crippen LogP contribution in [0.15, 0.2) is 49.1 Å². The Kier molecular flexibility index (Phi) is 6.81. The Hall–Kier alpha value is -2.79. The molecule has 0 N–H and O–H groups in total. The van der Waals surface area contributed by atoms with Gasteiger partial charge < -0.3 is 14.2 Å². The van der Waals surface area contributed by atoms with Gasteiger partial charge in [0.2, 0.25) is 0 Å². The van der Waals surface area contributed by atoms with Gasteiger partial charge in [-0.3, -0.25) is 4.79 Å². The van der Waals surface area contributed by atoms with Gasteiger partial charge in [-0.25, -0.2) is 4.79 Å². The number of esters is 1. The molecule has 0 atom stereocenters. The number of allylic oxidation sites excluding steroid dienone is 1. The SMILES string of the molecule is C=CCc1cc(C(=O)OCC(=O)c2ccc(Cl)cc2)cc(OC)c1OC. The minimum Gasteiger partial charge on any atom is -0.493 e. The van der Waals surface area contributed by atoms with Crippen molar-refractivity contribution >= 4 is 23.4 Å². The minimum atomic E-state index is -0.626. The molecule has 5 nitrogen and oxygen atoms in total. The normalized spacial score (nSPS) is 10.1. The predicted molar refractivity (Wildman–Crippen MR) is 99.5 cm³/mol. The van der Waals surface area contributed by atoms with E-state index in [1.165, 1.54) is 20.3 Å². The number of carbonyl (C=O) groups excluding carboxylic acids is 2. The van der Waals surface area contributed by atoms with Gasteiger partial charge in [-0.05, 0) is 42.8 Å². The fourth-order valence-electron chi connectivity index (χ4n) is 2.40. The van der Waals surface area contributed by atoms with E-state index in [-0.39, 0.29) is 18.0 Å². The Labute approximate surface area is 157 Å². The first-order valence-electron chi connectivity index (χ1n) is 7.81. The molecule has 0 unspecified atom stereocenters. The van der Waals surface area contributed by atoms with Gasteiger partial charge in [-0.15, -0.1) is 6.58 Å². The molecule has 0 radical (unpaired) electrons.